The van der Waals surface area contributed by atoms with E-state index in [0.717, 1.165) is 6.07 Å². The summed E-state index contributed by atoms with van der Waals surface area (Å²) in [6.07, 6.45) is 1.29. The van der Waals surface area contributed by atoms with Gasteiger partial charge in [-0.2, -0.15) is 5.10 Å². The number of hydrogen-bond acceptors (Lipinski definition) is 4. The van der Waals surface area contributed by atoms with E-state index in [1.54, 1.807) is 6.92 Å². The minimum absolute atomic E-state index is 0.161. The fourth-order valence-electron chi connectivity index (χ4n) is 1.65. The van der Waals surface area contributed by atoms with Gasteiger partial charge in [-0.05, 0) is 24.6 Å². The van der Waals surface area contributed by atoms with Crippen molar-refractivity contribution in [3.8, 4) is 0 Å². The number of hydrogen-bond donors (Lipinski definition) is 4. The summed E-state index contributed by atoms with van der Waals surface area (Å²) in [7, 11) is 0. The first-order valence-corrected chi connectivity index (χ1v) is 5.61. The van der Waals surface area contributed by atoms with Gasteiger partial charge < -0.3 is 16.3 Å². The van der Waals surface area contributed by atoms with E-state index in [0.29, 0.717) is 5.56 Å². The van der Waals surface area contributed by atoms with Crippen molar-refractivity contribution in [2.75, 3.05) is 5.32 Å². The van der Waals surface area contributed by atoms with Gasteiger partial charge in [0.15, 0.2) is 5.84 Å². The Hall–Kier alpha value is -2.90. The number of anilines is 1. The van der Waals surface area contributed by atoms with Gasteiger partial charge in [0.05, 0.1) is 11.8 Å². The summed E-state index contributed by atoms with van der Waals surface area (Å²) < 4.78 is 13.2. The van der Waals surface area contributed by atoms with Crippen molar-refractivity contribution in [3.05, 3.63) is 46.9 Å². The van der Waals surface area contributed by atoms with Crippen LogP contribution in [0.5, 0.6) is 0 Å². The molecule has 0 radical (unpaired) electrons. The van der Waals surface area contributed by atoms with Crippen LogP contribution in [0.25, 0.3) is 0 Å². The molecule has 0 saturated carbocycles. The fourth-order valence-corrected chi connectivity index (χ4v) is 1.65. The van der Waals surface area contributed by atoms with Crippen LogP contribution in [0.2, 0.25) is 0 Å². The minimum atomic E-state index is -0.529. The number of aryl methyl sites for hydroxylation is 1. The van der Waals surface area contributed by atoms with Crippen LogP contribution in [0.4, 0.5) is 10.2 Å². The summed E-state index contributed by atoms with van der Waals surface area (Å²) in [5.74, 6) is -1.08. The number of benzene rings is 1. The molecule has 1 aromatic heterocycles. The van der Waals surface area contributed by atoms with Gasteiger partial charge in [-0.25, -0.2) is 4.39 Å². The second kappa shape index (κ2) is 5.39. The van der Waals surface area contributed by atoms with E-state index < -0.39 is 11.7 Å². The molecule has 0 aliphatic carbocycles. The number of nitrogens with zero attached hydrogens (tertiary/aromatic N) is 2. The highest BCUT2D eigenvalue weighted by Crippen LogP contribution is 2.15. The molecule has 0 saturated heterocycles. The Kier molecular flexibility index (Phi) is 3.65. The zero-order valence-corrected chi connectivity index (χ0v) is 10.5. The summed E-state index contributed by atoms with van der Waals surface area (Å²) in [6.45, 7) is 1.69. The molecule has 0 bridgehead atoms. The highest BCUT2D eigenvalue weighted by atomic mass is 19.1. The first-order chi connectivity index (χ1) is 9.52. The maximum Gasteiger partial charge on any atom is 0.257 e. The number of aromatic amines is 1. The van der Waals surface area contributed by atoms with Crippen molar-refractivity contribution in [2.24, 2.45) is 10.9 Å². The SMILES string of the molecule is Cc1ccc(F)cc1C(=O)Nc1[nH]ncc1C(N)=NO. The van der Waals surface area contributed by atoms with Crippen LogP contribution in [-0.4, -0.2) is 27.1 Å². The summed E-state index contributed by atoms with van der Waals surface area (Å²) in [4.78, 5) is 12.1. The molecule has 2 rings (SSSR count). The summed E-state index contributed by atoms with van der Waals surface area (Å²) in [5.41, 5.74) is 6.47. The molecule has 1 heterocycles. The lowest BCUT2D eigenvalue weighted by molar-refractivity contribution is 0.102. The Morgan fingerprint density at radius 3 is 2.95 bits per heavy atom. The van der Waals surface area contributed by atoms with Gasteiger partial charge in [0.25, 0.3) is 5.91 Å². The van der Waals surface area contributed by atoms with Crippen molar-refractivity contribution in [3.63, 3.8) is 0 Å². The van der Waals surface area contributed by atoms with Crippen LogP contribution < -0.4 is 11.1 Å². The summed E-state index contributed by atoms with van der Waals surface area (Å²) in [5, 5.41) is 20.1. The van der Waals surface area contributed by atoms with Crippen molar-refractivity contribution >= 4 is 17.6 Å². The van der Waals surface area contributed by atoms with Crippen LogP contribution in [0.1, 0.15) is 21.5 Å². The number of nitrogens with two attached hydrogens (primary N) is 1. The van der Waals surface area contributed by atoms with Crippen molar-refractivity contribution < 1.29 is 14.4 Å². The molecule has 104 valence electrons. The zero-order chi connectivity index (χ0) is 14.7. The molecule has 7 nitrogen and oxygen atoms in total. The van der Waals surface area contributed by atoms with E-state index in [-0.39, 0.29) is 22.8 Å². The zero-order valence-electron chi connectivity index (χ0n) is 10.5. The number of nitrogens with one attached hydrogen (secondary N) is 2. The molecule has 1 aromatic carbocycles. The van der Waals surface area contributed by atoms with E-state index in [4.69, 9.17) is 10.9 Å². The molecule has 0 aliphatic heterocycles. The molecule has 0 atom stereocenters. The number of aromatic nitrogens is 2. The van der Waals surface area contributed by atoms with E-state index in [1.165, 1.54) is 18.3 Å². The highest BCUT2D eigenvalue weighted by molar-refractivity contribution is 6.09. The van der Waals surface area contributed by atoms with Gasteiger partial charge in [0.1, 0.15) is 11.6 Å². The number of oxime groups is 1. The molecule has 2 aromatic rings. The minimum Gasteiger partial charge on any atom is -0.409 e. The van der Waals surface area contributed by atoms with Gasteiger partial charge in [-0.3, -0.25) is 9.89 Å². The maximum absolute atomic E-state index is 13.2. The smallest absolute Gasteiger partial charge is 0.257 e. The van der Waals surface area contributed by atoms with Gasteiger partial charge in [0, 0.05) is 5.56 Å². The number of amidine groups is 1. The van der Waals surface area contributed by atoms with E-state index in [9.17, 15) is 9.18 Å². The summed E-state index contributed by atoms with van der Waals surface area (Å²) in [6, 6.07) is 3.90. The van der Waals surface area contributed by atoms with E-state index >= 15 is 0 Å². The average Bonchev–Trinajstić information content (AvgIpc) is 2.88. The number of H-pyrrole nitrogens is 1. The first kappa shape index (κ1) is 13.5. The third kappa shape index (κ3) is 2.58. The molecule has 8 heteroatoms. The van der Waals surface area contributed by atoms with Gasteiger partial charge >= 0.3 is 0 Å². The number of rotatable bonds is 3. The predicted molar refractivity (Wildman–Crippen MR) is 70.2 cm³/mol. The molecule has 0 aliphatic rings. The predicted octanol–water partition coefficient (Wildman–Crippen LogP) is 1.20. The monoisotopic (exact) mass is 277 g/mol. The second-order valence-electron chi connectivity index (χ2n) is 4.06. The Labute approximate surface area is 113 Å². The maximum atomic E-state index is 13.2. The van der Waals surface area contributed by atoms with Crippen molar-refractivity contribution in [1.29, 1.82) is 0 Å². The Morgan fingerprint density at radius 1 is 1.50 bits per heavy atom. The van der Waals surface area contributed by atoms with E-state index in [1.807, 2.05) is 0 Å². The quantitative estimate of drug-likeness (QED) is 0.292. The van der Waals surface area contributed by atoms with E-state index in [2.05, 4.69) is 20.7 Å². The number of halogens is 1. The number of carbonyl (C=O) groups excluding carboxylic acids is 1. The lowest BCUT2D eigenvalue weighted by Crippen LogP contribution is -2.19. The topological polar surface area (TPSA) is 116 Å². The molecular formula is C12H12FN5O2. The standard InChI is InChI=1S/C12H12FN5O2/c1-6-2-3-7(13)4-8(6)12(19)16-11-9(5-15-17-11)10(14)18-20/h2-5,20H,1H3,(H2,14,18)(H2,15,16,17,19). The molecule has 1 amide bonds. The third-order valence-corrected chi connectivity index (χ3v) is 2.71. The highest BCUT2D eigenvalue weighted by Gasteiger charge is 2.15. The first-order valence-electron chi connectivity index (χ1n) is 5.61. The Balaban J connectivity index is 2.29. The van der Waals surface area contributed by atoms with Crippen LogP contribution >= 0.6 is 0 Å². The lowest BCUT2D eigenvalue weighted by Gasteiger charge is -2.07. The molecule has 20 heavy (non-hydrogen) atoms. The normalized spacial score (nSPS) is 11.4. The van der Waals surface area contributed by atoms with Gasteiger partial charge in [-0.15, -0.1) is 0 Å². The molecule has 0 spiro atoms. The Bertz CT molecular complexity index is 680. The van der Waals surface area contributed by atoms with Crippen LogP contribution in [0, 0.1) is 12.7 Å². The lowest BCUT2D eigenvalue weighted by atomic mass is 10.1. The van der Waals surface area contributed by atoms with Gasteiger partial charge in [0.2, 0.25) is 0 Å². The van der Waals surface area contributed by atoms with Crippen LogP contribution in [0.3, 0.4) is 0 Å². The number of amides is 1. The molecule has 0 unspecified atom stereocenters. The van der Waals surface area contributed by atoms with Crippen LogP contribution in [0.15, 0.2) is 29.6 Å². The van der Waals surface area contributed by atoms with Crippen molar-refractivity contribution in [2.45, 2.75) is 6.92 Å². The molecule has 0 fully saturated rings. The fraction of sp³-hybridized carbons (Fsp3) is 0.0833. The average molecular weight is 277 g/mol. The Morgan fingerprint density at radius 2 is 2.25 bits per heavy atom. The largest absolute Gasteiger partial charge is 0.409 e. The summed E-state index contributed by atoms with van der Waals surface area (Å²) >= 11 is 0. The van der Waals surface area contributed by atoms with Crippen molar-refractivity contribution in [1.82, 2.24) is 10.2 Å². The van der Waals surface area contributed by atoms with Gasteiger partial charge in [-0.1, -0.05) is 11.2 Å². The second-order valence-corrected chi connectivity index (χ2v) is 4.06. The third-order valence-electron chi connectivity index (χ3n) is 2.71. The number of carbonyl (C=O) groups is 1. The van der Waals surface area contributed by atoms with Crippen LogP contribution in [-0.2, 0) is 0 Å². The molecular weight excluding hydrogens is 265 g/mol. The molecule has 5 N–H and O–H groups in total.